The number of aliphatic hydroxyl groups is 3. The number of halogens is 1. The number of carbonyl (C=O) groups is 2. The van der Waals surface area contributed by atoms with Gasteiger partial charge >= 0.3 is 0 Å². The Morgan fingerprint density at radius 1 is 1.33 bits per heavy atom. The fourth-order valence-corrected chi connectivity index (χ4v) is 7.15. The van der Waals surface area contributed by atoms with Crippen molar-refractivity contribution >= 4 is 23.2 Å². The van der Waals surface area contributed by atoms with Gasteiger partial charge in [-0.05, 0) is 49.7 Å². The van der Waals surface area contributed by atoms with Crippen molar-refractivity contribution < 1.29 is 24.9 Å². The fourth-order valence-electron chi connectivity index (χ4n) is 6.94. The molecule has 0 unspecified atom stereocenters. The summed E-state index contributed by atoms with van der Waals surface area (Å²) in [6, 6.07) is 0. The van der Waals surface area contributed by atoms with Crippen LogP contribution in [0.3, 0.4) is 0 Å². The Bertz CT molecular complexity index is 760. The third-order valence-corrected chi connectivity index (χ3v) is 8.51. The first-order valence-corrected chi connectivity index (χ1v) is 10.2. The van der Waals surface area contributed by atoms with Gasteiger partial charge in [-0.3, -0.25) is 9.59 Å². The van der Waals surface area contributed by atoms with Crippen molar-refractivity contribution in [2.24, 2.45) is 28.6 Å². The van der Waals surface area contributed by atoms with Gasteiger partial charge in [-0.2, -0.15) is 0 Å². The quantitative estimate of drug-likeness (QED) is 0.620. The van der Waals surface area contributed by atoms with E-state index in [0.717, 1.165) is 18.4 Å². The number of aliphatic hydroxyl groups excluding tert-OH is 2. The van der Waals surface area contributed by atoms with E-state index in [1.54, 1.807) is 12.2 Å². The standard InChI is InChI=1S/C21H27ClO5/c1-19-6-5-12(23)7-11(19)3-4-13-14-8-16(25)21(27,17(26)10-22)20(14,2)9-15(24)18(13)19/h5-7,13-16,18,24-25,27H,3-4,8-10H2,1-2H3/t13-,14-,15-,16+,18+,19-,20-,21-/m0/s1. The molecule has 27 heavy (non-hydrogen) atoms. The third-order valence-electron chi connectivity index (χ3n) is 8.26. The molecule has 0 spiro atoms. The van der Waals surface area contributed by atoms with Crippen LogP contribution >= 0.6 is 11.6 Å². The monoisotopic (exact) mass is 394 g/mol. The Balaban J connectivity index is 1.78. The third kappa shape index (κ3) is 2.29. The lowest BCUT2D eigenvalue weighted by atomic mass is 9.46. The number of allylic oxidation sites excluding steroid dienone is 4. The normalized spacial score (nSPS) is 51.3. The molecule has 3 fully saturated rings. The van der Waals surface area contributed by atoms with Crippen molar-refractivity contribution in [2.75, 3.05) is 5.88 Å². The number of carbonyl (C=O) groups excluding carboxylic acids is 2. The zero-order chi connectivity index (χ0) is 19.8. The summed E-state index contributed by atoms with van der Waals surface area (Å²) in [5, 5.41) is 33.1. The lowest BCUT2D eigenvalue weighted by Gasteiger charge is -2.59. The molecule has 148 valence electrons. The van der Waals surface area contributed by atoms with Gasteiger partial charge in [0.1, 0.15) is 0 Å². The van der Waals surface area contributed by atoms with Gasteiger partial charge in [0.25, 0.3) is 0 Å². The summed E-state index contributed by atoms with van der Waals surface area (Å²) in [6.45, 7) is 3.87. The Labute approximate surface area is 164 Å². The van der Waals surface area contributed by atoms with Gasteiger partial charge in [-0.15, -0.1) is 11.6 Å². The average molecular weight is 395 g/mol. The Hall–Kier alpha value is -1.01. The van der Waals surface area contributed by atoms with E-state index in [1.807, 2.05) is 13.0 Å². The Morgan fingerprint density at radius 2 is 2.04 bits per heavy atom. The number of hydrogen-bond donors (Lipinski definition) is 3. The van der Waals surface area contributed by atoms with E-state index in [0.29, 0.717) is 6.42 Å². The second-order valence-corrected chi connectivity index (χ2v) is 9.55. The van der Waals surface area contributed by atoms with Crippen LogP contribution in [0.5, 0.6) is 0 Å². The zero-order valence-electron chi connectivity index (χ0n) is 15.7. The predicted octanol–water partition coefficient (Wildman–Crippen LogP) is 1.77. The average Bonchev–Trinajstić information content (AvgIpc) is 2.82. The van der Waals surface area contributed by atoms with Crippen molar-refractivity contribution in [3.8, 4) is 0 Å². The van der Waals surface area contributed by atoms with Gasteiger partial charge < -0.3 is 15.3 Å². The lowest BCUT2D eigenvalue weighted by molar-refractivity contribution is -0.186. The van der Waals surface area contributed by atoms with Crippen LogP contribution in [0.15, 0.2) is 23.8 Å². The summed E-state index contributed by atoms with van der Waals surface area (Å²) in [5.74, 6) is -1.11. The molecule has 0 aromatic heterocycles. The van der Waals surface area contributed by atoms with E-state index in [2.05, 4.69) is 6.92 Å². The van der Waals surface area contributed by atoms with E-state index in [-0.39, 0.29) is 35.8 Å². The topological polar surface area (TPSA) is 94.8 Å². The molecule has 4 rings (SSSR count). The highest BCUT2D eigenvalue weighted by molar-refractivity contribution is 6.29. The molecule has 6 heteroatoms. The van der Waals surface area contributed by atoms with Crippen molar-refractivity contribution in [1.29, 1.82) is 0 Å². The minimum absolute atomic E-state index is 0.0190. The van der Waals surface area contributed by atoms with Crippen LogP contribution in [0, 0.1) is 28.6 Å². The molecule has 4 aliphatic carbocycles. The van der Waals surface area contributed by atoms with Crippen LogP contribution in [0.4, 0.5) is 0 Å². The first-order valence-electron chi connectivity index (χ1n) is 9.71. The van der Waals surface area contributed by atoms with Crippen molar-refractivity contribution in [3.05, 3.63) is 23.8 Å². The van der Waals surface area contributed by atoms with Gasteiger partial charge in [0, 0.05) is 16.7 Å². The molecule has 3 saturated carbocycles. The molecule has 0 heterocycles. The first-order chi connectivity index (χ1) is 12.6. The second kappa shape index (κ2) is 5.99. The Kier molecular flexibility index (Phi) is 4.29. The first kappa shape index (κ1) is 19.3. The van der Waals surface area contributed by atoms with E-state index in [1.165, 1.54) is 0 Å². The summed E-state index contributed by atoms with van der Waals surface area (Å²) < 4.78 is 0. The summed E-state index contributed by atoms with van der Waals surface area (Å²) in [6.07, 6.45) is 5.29. The largest absolute Gasteiger partial charge is 0.393 e. The molecule has 0 saturated heterocycles. The minimum atomic E-state index is -1.93. The van der Waals surface area contributed by atoms with E-state index in [4.69, 9.17) is 11.6 Å². The number of fused-ring (bicyclic) bond motifs is 5. The number of hydrogen-bond acceptors (Lipinski definition) is 5. The SMILES string of the molecule is C[C@]12C=CC(=O)C=C1CC[C@@H]1[C@@H]2[C@@H](O)C[C@@]2(C)[C@H]1C[C@@H](O)[C@]2(O)C(=O)CCl. The highest BCUT2D eigenvalue weighted by atomic mass is 35.5. The molecular formula is C21H27ClO5. The maximum absolute atomic E-state index is 12.5. The number of Topliss-reactive ketones (excluding diaryl/α,β-unsaturated/α-hetero) is 1. The van der Waals surface area contributed by atoms with Crippen molar-refractivity contribution in [1.82, 2.24) is 0 Å². The van der Waals surface area contributed by atoms with E-state index < -0.39 is 34.4 Å². The molecule has 3 N–H and O–H groups in total. The predicted molar refractivity (Wildman–Crippen MR) is 100 cm³/mol. The summed E-state index contributed by atoms with van der Waals surface area (Å²) in [4.78, 5) is 24.3. The van der Waals surface area contributed by atoms with Crippen LogP contribution in [0.2, 0.25) is 0 Å². The minimum Gasteiger partial charge on any atom is -0.393 e. The molecule has 0 aliphatic heterocycles. The van der Waals surface area contributed by atoms with Crippen LogP contribution in [0.1, 0.15) is 39.5 Å². The summed E-state index contributed by atoms with van der Waals surface area (Å²) >= 11 is 5.75. The Morgan fingerprint density at radius 3 is 2.70 bits per heavy atom. The molecule has 5 nitrogen and oxygen atoms in total. The molecule has 0 radical (unpaired) electrons. The molecule has 0 aromatic rings. The van der Waals surface area contributed by atoms with Gasteiger partial charge in [-0.1, -0.05) is 25.5 Å². The van der Waals surface area contributed by atoms with Crippen LogP contribution in [0.25, 0.3) is 0 Å². The maximum Gasteiger partial charge on any atom is 0.182 e. The van der Waals surface area contributed by atoms with Gasteiger partial charge in [0.15, 0.2) is 17.2 Å². The van der Waals surface area contributed by atoms with E-state index >= 15 is 0 Å². The highest BCUT2D eigenvalue weighted by Crippen LogP contribution is 2.67. The molecule has 0 aromatic carbocycles. The maximum atomic E-state index is 12.5. The van der Waals surface area contributed by atoms with Crippen LogP contribution in [-0.2, 0) is 9.59 Å². The number of alkyl halides is 1. The van der Waals surface area contributed by atoms with Crippen molar-refractivity contribution in [2.45, 2.75) is 57.3 Å². The molecule has 4 aliphatic rings. The van der Waals surface area contributed by atoms with E-state index in [9.17, 15) is 24.9 Å². The lowest BCUT2D eigenvalue weighted by Crippen LogP contribution is -2.63. The zero-order valence-corrected chi connectivity index (χ0v) is 16.4. The summed E-state index contributed by atoms with van der Waals surface area (Å²) in [7, 11) is 0. The smallest absolute Gasteiger partial charge is 0.182 e. The number of ketones is 2. The highest BCUT2D eigenvalue weighted by Gasteiger charge is 2.71. The van der Waals surface area contributed by atoms with Gasteiger partial charge in [-0.25, -0.2) is 0 Å². The van der Waals surface area contributed by atoms with Crippen molar-refractivity contribution in [3.63, 3.8) is 0 Å². The molecule has 0 bridgehead atoms. The fraction of sp³-hybridized carbons (Fsp3) is 0.714. The van der Waals surface area contributed by atoms with Gasteiger partial charge in [0.2, 0.25) is 0 Å². The number of rotatable bonds is 2. The molecule has 8 atom stereocenters. The van der Waals surface area contributed by atoms with Gasteiger partial charge in [0.05, 0.1) is 18.1 Å². The molecule has 0 amide bonds. The van der Waals surface area contributed by atoms with Crippen LogP contribution < -0.4 is 0 Å². The molecular weight excluding hydrogens is 368 g/mol. The second-order valence-electron chi connectivity index (χ2n) is 9.29. The summed E-state index contributed by atoms with van der Waals surface area (Å²) in [5.41, 5.74) is -2.23. The van der Waals surface area contributed by atoms with Crippen LogP contribution in [-0.4, -0.2) is 50.6 Å².